The topological polar surface area (TPSA) is 6.48 Å². The maximum Gasteiger partial charge on any atom is 0.0903 e. The molecule has 0 saturated heterocycles. The molecule has 0 aromatic rings. The molecule has 7 rings (SSSR count). The molecule has 4 atom stereocenters. The van der Waals surface area contributed by atoms with E-state index in [0.29, 0.717) is 11.1 Å². The molecule has 6 fully saturated rings. The Hall–Kier alpha value is -0.660. The molecular formula is C25H42N2. The zero-order valence-electron chi connectivity index (χ0n) is 18.3. The molecule has 2 nitrogen and oxygen atoms in total. The van der Waals surface area contributed by atoms with Crippen LogP contribution < -0.4 is 0 Å². The van der Waals surface area contributed by atoms with Gasteiger partial charge in [0.25, 0.3) is 0 Å². The predicted molar refractivity (Wildman–Crippen MR) is 113 cm³/mol. The molecule has 0 spiro atoms. The predicted octanol–water partition coefficient (Wildman–Crippen LogP) is 6.24. The summed E-state index contributed by atoms with van der Waals surface area (Å²) >= 11 is 0. The summed E-state index contributed by atoms with van der Waals surface area (Å²) in [6.45, 7) is 11.3. The van der Waals surface area contributed by atoms with Gasteiger partial charge < -0.3 is 9.80 Å². The Bertz CT molecular complexity index is 529. The van der Waals surface area contributed by atoms with E-state index in [0.717, 1.165) is 42.2 Å². The van der Waals surface area contributed by atoms with Gasteiger partial charge in [-0.1, -0.05) is 13.8 Å². The first kappa shape index (κ1) is 18.4. The lowest BCUT2D eigenvalue weighted by Crippen LogP contribution is -2.54. The van der Waals surface area contributed by atoms with Gasteiger partial charge in [0.05, 0.1) is 6.67 Å². The van der Waals surface area contributed by atoms with Crippen LogP contribution in [0.15, 0.2) is 12.4 Å². The quantitative estimate of drug-likeness (QED) is 0.567. The van der Waals surface area contributed by atoms with E-state index >= 15 is 0 Å². The minimum atomic E-state index is 0.367. The smallest absolute Gasteiger partial charge is 0.0903 e. The number of nitrogens with zero attached hydrogens (tertiary/aromatic N) is 2. The van der Waals surface area contributed by atoms with Crippen LogP contribution in [0.25, 0.3) is 0 Å². The van der Waals surface area contributed by atoms with Crippen LogP contribution in [0.5, 0.6) is 0 Å². The Balaban J connectivity index is 1.30. The monoisotopic (exact) mass is 370 g/mol. The first-order valence-corrected chi connectivity index (χ1v) is 12.0. The minimum absolute atomic E-state index is 0.367. The summed E-state index contributed by atoms with van der Waals surface area (Å²) in [6, 6.07) is 0. The molecule has 1 aliphatic heterocycles. The van der Waals surface area contributed by atoms with Gasteiger partial charge in [-0.3, -0.25) is 0 Å². The maximum atomic E-state index is 2.75. The molecule has 27 heavy (non-hydrogen) atoms. The SMILES string of the molecule is CC1CC2CC(C2)CC(C)(N2C=CN(C3(C)CC(C)CC4CC(C4)C3)C2)C1. The molecule has 0 aromatic carbocycles. The maximum absolute atomic E-state index is 2.75. The molecule has 6 aliphatic carbocycles. The van der Waals surface area contributed by atoms with Crippen molar-refractivity contribution in [2.75, 3.05) is 6.67 Å². The summed E-state index contributed by atoms with van der Waals surface area (Å²) < 4.78 is 0. The van der Waals surface area contributed by atoms with Gasteiger partial charge in [0.1, 0.15) is 0 Å². The molecule has 0 amide bonds. The Kier molecular flexibility index (Phi) is 4.37. The highest BCUT2D eigenvalue weighted by Crippen LogP contribution is 2.51. The van der Waals surface area contributed by atoms with Crippen LogP contribution in [0, 0.1) is 35.5 Å². The largest absolute Gasteiger partial charge is 0.353 e. The summed E-state index contributed by atoms with van der Waals surface area (Å²) in [5.41, 5.74) is 0.734. The third-order valence-electron chi connectivity index (χ3n) is 9.29. The fourth-order valence-electron chi connectivity index (χ4n) is 8.27. The van der Waals surface area contributed by atoms with E-state index in [9.17, 15) is 0 Å². The van der Waals surface area contributed by atoms with Crippen molar-refractivity contribution in [3.05, 3.63) is 12.4 Å². The third kappa shape index (κ3) is 3.33. The van der Waals surface area contributed by atoms with Gasteiger partial charge in [0.2, 0.25) is 0 Å². The van der Waals surface area contributed by atoms with Gasteiger partial charge in [0, 0.05) is 23.5 Å². The normalized spacial score (nSPS) is 52.3. The van der Waals surface area contributed by atoms with Gasteiger partial charge in [0.15, 0.2) is 0 Å². The zero-order valence-corrected chi connectivity index (χ0v) is 18.3. The number of rotatable bonds is 2. The van der Waals surface area contributed by atoms with Crippen LogP contribution in [0.2, 0.25) is 0 Å². The van der Waals surface area contributed by atoms with Crippen molar-refractivity contribution in [3.63, 3.8) is 0 Å². The fourth-order valence-corrected chi connectivity index (χ4v) is 8.27. The minimum Gasteiger partial charge on any atom is -0.353 e. The number of hydrogen-bond acceptors (Lipinski definition) is 2. The lowest BCUT2D eigenvalue weighted by Gasteiger charge is -2.53. The first-order chi connectivity index (χ1) is 12.8. The van der Waals surface area contributed by atoms with E-state index in [1.165, 1.54) is 64.2 Å². The van der Waals surface area contributed by atoms with Crippen LogP contribution in [0.1, 0.15) is 91.9 Å². The van der Waals surface area contributed by atoms with E-state index in [2.05, 4.69) is 49.9 Å². The molecule has 6 saturated carbocycles. The second-order valence-corrected chi connectivity index (χ2v) is 12.3. The lowest BCUT2D eigenvalue weighted by molar-refractivity contribution is -0.0205. The van der Waals surface area contributed by atoms with Crippen LogP contribution in [-0.2, 0) is 0 Å². The van der Waals surface area contributed by atoms with E-state index in [1.54, 1.807) is 0 Å². The van der Waals surface area contributed by atoms with Crippen molar-refractivity contribution in [3.8, 4) is 0 Å². The highest BCUT2D eigenvalue weighted by atomic mass is 15.4. The Morgan fingerprint density at radius 1 is 0.593 bits per heavy atom. The highest BCUT2D eigenvalue weighted by molar-refractivity contribution is 5.08. The molecular weight excluding hydrogens is 328 g/mol. The van der Waals surface area contributed by atoms with E-state index in [1.807, 2.05) is 0 Å². The molecule has 0 radical (unpaired) electrons. The summed E-state index contributed by atoms with van der Waals surface area (Å²) in [4.78, 5) is 5.50. The number of hydrogen-bond donors (Lipinski definition) is 0. The zero-order chi connectivity index (χ0) is 18.8. The molecule has 4 bridgehead atoms. The van der Waals surface area contributed by atoms with Crippen molar-refractivity contribution >= 4 is 0 Å². The van der Waals surface area contributed by atoms with Crippen molar-refractivity contribution in [2.24, 2.45) is 35.5 Å². The van der Waals surface area contributed by atoms with Crippen molar-refractivity contribution in [1.82, 2.24) is 9.80 Å². The van der Waals surface area contributed by atoms with E-state index < -0.39 is 0 Å². The second-order valence-electron chi connectivity index (χ2n) is 12.3. The summed E-state index contributed by atoms with van der Waals surface area (Å²) in [5.74, 6) is 5.88. The highest BCUT2D eigenvalue weighted by Gasteiger charge is 2.47. The van der Waals surface area contributed by atoms with Gasteiger partial charge in [-0.15, -0.1) is 0 Å². The van der Waals surface area contributed by atoms with Gasteiger partial charge >= 0.3 is 0 Å². The Morgan fingerprint density at radius 2 is 1.00 bits per heavy atom. The molecule has 2 heteroatoms. The first-order valence-electron chi connectivity index (χ1n) is 12.0. The van der Waals surface area contributed by atoms with Crippen molar-refractivity contribution in [2.45, 2.75) is 103 Å². The van der Waals surface area contributed by atoms with E-state index in [-0.39, 0.29) is 0 Å². The molecule has 4 unspecified atom stereocenters. The van der Waals surface area contributed by atoms with Gasteiger partial charge in [-0.25, -0.2) is 0 Å². The standard InChI is InChI=1S/C25H42N2/c1-18-7-20-9-22(10-20)15-24(3,13-18)26-5-6-27(17-26)25(4)14-19(2)8-21-11-23(12-21)16-25/h5-6,18-23H,7-17H2,1-4H3. The molecule has 152 valence electrons. The van der Waals surface area contributed by atoms with Crippen LogP contribution >= 0.6 is 0 Å². The molecule has 7 aliphatic rings. The average molecular weight is 371 g/mol. The number of fused-ring (bicyclic) bond motifs is 8. The molecule has 0 aromatic heterocycles. The van der Waals surface area contributed by atoms with Gasteiger partial charge in [-0.05, 0) is 114 Å². The second kappa shape index (κ2) is 6.42. The van der Waals surface area contributed by atoms with Gasteiger partial charge in [-0.2, -0.15) is 0 Å². The van der Waals surface area contributed by atoms with Crippen LogP contribution in [0.3, 0.4) is 0 Å². The third-order valence-corrected chi connectivity index (χ3v) is 9.29. The van der Waals surface area contributed by atoms with Crippen LogP contribution in [-0.4, -0.2) is 27.5 Å². The fraction of sp³-hybridized carbons (Fsp3) is 0.920. The average Bonchev–Trinajstić information content (AvgIpc) is 2.98. The van der Waals surface area contributed by atoms with E-state index in [4.69, 9.17) is 0 Å². The Morgan fingerprint density at radius 3 is 1.41 bits per heavy atom. The summed E-state index contributed by atoms with van der Waals surface area (Å²) in [6.07, 6.45) is 19.6. The summed E-state index contributed by atoms with van der Waals surface area (Å²) in [5, 5.41) is 0. The lowest BCUT2D eigenvalue weighted by atomic mass is 9.62. The van der Waals surface area contributed by atoms with Crippen molar-refractivity contribution < 1.29 is 0 Å². The van der Waals surface area contributed by atoms with Crippen LogP contribution in [0.4, 0.5) is 0 Å². The Labute approximate surface area is 167 Å². The molecule has 1 heterocycles. The molecule has 0 N–H and O–H groups in total. The summed E-state index contributed by atoms with van der Waals surface area (Å²) in [7, 11) is 0. The van der Waals surface area contributed by atoms with Crippen molar-refractivity contribution in [1.29, 1.82) is 0 Å².